The molecule has 0 saturated carbocycles. The lowest BCUT2D eigenvalue weighted by molar-refractivity contribution is -0.149. The van der Waals surface area contributed by atoms with Crippen molar-refractivity contribution in [3.8, 4) is 17.9 Å². The van der Waals surface area contributed by atoms with Crippen molar-refractivity contribution >= 4 is 41.4 Å². The molecule has 0 aromatic heterocycles. The molecular formula is C54H84N10O16. The Balaban J connectivity index is 1.73. The number of nitrogens with zero attached hydrogens (tertiary/aromatic N) is 5. The number of hydrogen-bond acceptors (Lipinski definition) is 19. The lowest BCUT2D eigenvalue weighted by atomic mass is 9.91. The third-order valence-corrected chi connectivity index (χ3v) is 15.2. The topological polar surface area (TPSA) is 419 Å². The van der Waals surface area contributed by atoms with Crippen molar-refractivity contribution in [2.24, 2.45) is 11.8 Å². The van der Waals surface area contributed by atoms with Crippen LogP contribution >= 0.6 is 0 Å². The molecule has 0 radical (unpaired) electrons. The highest BCUT2D eigenvalue weighted by molar-refractivity contribution is 5.98. The summed E-state index contributed by atoms with van der Waals surface area (Å²) in [5, 5.41) is 131. The number of aliphatic hydroxyl groups excluding tert-OH is 8. The van der Waals surface area contributed by atoms with Gasteiger partial charge in [0.25, 0.3) is 0 Å². The van der Waals surface area contributed by atoms with Crippen molar-refractivity contribution in [3.05, 3.63) is 29.8 Å². The number of amides is 7. The zero-order valence-electron chi connectivity index (χ0n) is 46.1. The van der Waals surface area contributed by atoms with E-state index in [2.05, 4.69) is 47.4 Å². The molecule has 3 saturated heterocycles. The van der Waals surface area contributed by atoms with E-state index in [-0.39, 0.29) is 43.8 Å². The van der Waals surface area contributed by atoms with Crippen molar-refractivity contribution in [3.63, 3.8) is 0 Å². The Kier molecular flexibility index (Phi) is 26.9. The predicted octanol–water partition coefficient (Wildman–Crippen LogP) is -2.48. The van der Waals surface area contributed by atoms with E-state index in [4.69, 9.17) is 0 Å². The Labute approximate surface area is 466 Å². The second-order valence-electron chi connectivity index (χ2n) is 21.7. The fraction of sp³-hybridized carbons (Fsp3) is 0.722. The molecule has 1 aromatic rings. The molecule has 0 spiro atoms. The first kappa shape index (κ1) is 66.4. The van der Waals surface area contributed by atoms with Crippen LogP contribution in [0.2, 0.25) is 0 Å². The van der Waals surface area contributed by atoms with E-state index in [0.29, 0.717) is 24.7 Å². The summed E-state index contributed by atoms with van der Waals surface area (Å²) in [5.74, 6) is -7.22. The van der Waals surface area contributed by atoms with Crippen LogP contribution in [-0.4, -0.2) is 214 Å². The molecule has 3 heterocycles. The van der Waals surface area contributed by atoms with Gasteiger partial charge in [-0.25, -0.2) is 0 Å². The van der Waals surface area contributed by atoms with Gasteiger partial charge in [0.15, 0.2) is 6.23 Å². The van der Waals surface area contributed by atoms with Gasteiger partial charge in [0.2, 0.25) is 41.4 Å². The van der Waals surface area contributed by atoms with Crippen LogP contribution in [-0.2, 0) is 33.6 Å². The summed E-state index contributed by atoms with van der Waals surface area (Å²) >= 11 is 0. The molecule has 7 amide bonds. The number of benzene rings is 1. The van der Waals surface area contributed by atoms with Crippen molar-refractivity contribution in [1.82, 2.24) is 41.3 Å². The van der Waals surface area contributed by atoms with E-state index in [1.807, 2.05) is 12.1 Å². The summed E-state index contributed by atoms with van der Waals surface area (Å²) in [6.07, 6.45) is -9.36. The van der Waals surface area contributed by atoms with Crippen LogP contribution < -0.4 is 26.6 Å². The Hall–Kier alpha value is -6.07. The third-order valence-electron chi connectivity index (χ3n) is 15.2. The SMILES string of the molecule is CCC(C)CC(C)CCCCCCCCC(=O)N[C@H]1C[C@@H](O)[C@@H](O)NC(=O)[C@@H]2[C@@H](O)CCN2C(=O)[C@H]([C@H](O)CCN(CC#N)CC#N)NC(=O)[C@H]([C@H](O)[C@@H](O)c2ccc(O)cc2)NC(=O)[C@@H]2C[C@@H](O)CN2C(=O)[C@H]([C@@H](C)O)NC1=O. The zero-order chi connectivity index (χ0) is 59.4. The smallest absolute Gasteiger partial charge is 0.248 e. The number of nitrogens with one attached hydrogen (secondary N) is 5. The van der Waals surface area contributed by atoms with Crippen molar-refractivity contribution in [1.29, 1.82) is 10.5 Å². The Morgan fingerprint density at radius 2 is 1.32 bits per heavy atom. The molecular weight excluding hydrogens is 1040 g/mol. The summed E-state index contributed by atoms with van der Waals surface area (Å²) in [5.41, 5.74) is -0.105. The van der Waals surface area contributed by atoms with Gasteiger partial charge < -0.3 is 82.3 Å². The van der Waals surface area contributed by atoms with Crippen molar-refractivity contribution in [2.75, 3.05) is 32.7 Å². The molecule has 0 bridgehead atoms. The number of nitriles is 2. The van der Waals surface area contributed by atoms with E-state index in [0.717, 1.165) is 67.4 Å². The van der Waals surface area contributed by atoms with E-state index < -0.39 is 159 Å². The van der Waals surface area contributed by atoms with Gasteiger partial charge in [-0.1, -0.05) is 77.8 Å². The third kappa shape index (κ3) is 19.3. The van der Waals surface area contributed by atoms with Crippen molar-refractivity contribution in [2.45, 2.75) is 203 Å². The normalized spacial score (nSPS) is 27.8. The number of carbonyl (C=O) groups is 7. The van der Waals surface area contributed by atoms with E-state index in [1.165, 1.54) is 23.5 Å². The summed E-state index contributed by atoms with van der Waals surface area (Å²) in [4.78, 5) is 103. The van der Waals surface area contributed by atoms with Crippen LogP contribution in [0.25, 0.3) is 0 Å². The molecule has 3 aliphatic rings. The van der Waals surface area contributed by atoms with Crippen molar-refractivity contribution < 1.29 is 79.5 Å². The fourth-order valence-corrected chi connectivity index (χ4v) is 10.4. The maximum absolute atomic E-state index is 14.7. The molecule has 1 aromatic carbocycles. The maximum atomic E-state index is 14.7. The Bertz CT molecular complexity index is 2290. The summed E-state index contributed by atoms with van der Waals surface area (Å²) in [7, 11) is 0. The molecule has 14 N–H and O–H groups in total. The Morgan fingerprint density at radius 1 is 0.725 bits per heavy atom. The molecule has 4 rings (SSSR count). The van der Waals surface area contributed by atoms with Gasteiger partial charge in [-0.05, 0) is 62.1 Å². The van der Waals surface area contributed by atoms with Gasteiger partial charge in [-0.2, -0.15) is 10.5 Å². The minimum Gasteiger partial charge on any atom is -0.508 e. The summed E-state index contributed by atoms with van der Waals surface area (Å²) in [6, 6.07) is -3.45. The number of hydrogen-bond donors (Lipinski definition) is 14. The van der Waals surface area contributed by atoms with E-state index >= 15 is 0 Å². The van der Waals surface area contributed by atoms with Gasteiger partial charge in [0.05, 0.1) is 49.6 Å². The van der Waals surface area contributed by atoms with Gasteiger partial charge >= 0.3 is 0 Å². The number of unbranched alkanes of at least 4 members (excludes halogenated alkanes) is 5. The average Bonchev–Trinajstić information content (AvgIpc) is 4.04. The number of phenolic OH excluding ortho intramolecular Hbond substituents is 1. The second kappa shape index (κ2) is 32.4. The molecule has 80 heavy (non-hydrogen) atoms. The largest absolute Gasteiger partial charge is 0.508 e. The van der Waals surface area contributed by atoms with Gasteiger partial charge in [-0.3, -0.25) is 38.5 Å². The van der Waals surface area contributed by atoms with Crippen LogP contribution in [0.15, 0.2) is 24.3 Å². The fourth-order valence-electron chi connectivity index (χ4n) is 10.4. The lowest BCUT2D eigenvalue weighted by Gasteiger charge is -2.35. The number of aromatic hydroxyl groups is 1. The quantitative estimate of drug-likeness (QED) is 0.0399. The lowest BCUT2D eigenvalue weighted by Crippen LogP contribution is -2.64. The molecule has 26 heteroatoms. The molecule has 446 valence electrons. The standard InChI is InChI=1S/C54H84N10O16/c1-5-30(2)26-31(3)12-10-8-6-7-9-11-13-41(71)57-36-28-40(70)50(76)61-52(78)45-39(69)19-23-63(45)54(80)43(38(68)18-22-62(24-20-55)25-21-56)59-51(77)44(47(73)46(72)33-14-16-34(66)17-15-33)60-49(75)37-27-35(67)29-64(37)53(79)42(32(4)65)58-48(36)74/h14-17,30-32,35-40,42-47,50,65-70,72-73,76H,5-13,18-19,22-29H2,1-4H3,(H,57,71)(H,58,74)(H,59,77)(H,60,75)(H,61,78)/t30?,31?,32-,35-,36+,37+,38-,39+,40-,42+,43+,44+,45+,46+,47+,50-/m1/s1. The van der Waals surface area contributed by atoms with Crippen LogP contribution in [0.5, 0.6) is 5.75 Å². The highest BCUT2D eigenvalue weighted by Gasteiger charge is 2.49. The first-order chi connectivity index (χ1) is 37.9. The zero-order valence-corrected chi connectivity index (χ0v) is 46.1. The van der Waals surface area contributed by atoms with E-state index in [1.54, 1.807) is 0 Å². The monoisotopic (exact) mass is 1130 g/mol. The number of aliphatic hydroxyl groups is 8. The number of fused-ring (bicyclic) bond motifs is 2. The summed E-state index contributed by atoms with van der Waals surface area (Å²) < 4.78 is 0. The minimum absolute atomic E-state index is 0.0809. The Morgan fingerprint density at radius 3 is 1.95 bits per heavy atom. The second-order valence-corrected chi connectivity index (χ2v) is 21.7. The first-order valence-electron chi connectivity index (χ1n) is 27.7. The summed E-state index contributed by atoms with van der Waals surface area (Å²) in [6.45, 7) is 5.95. The number of rotatable bonds is 23. The van der Waals surface area contributed by atoms with Crippen LogP contribution in [0.1, 0.15) is 129 Å². The molecule has 26 nitrogen and oxygen atoms in total. The molecule has 3 aliphatic heterocycles. The first-order valence-corrected chi connectivity index (χ1v) is 27.7. The predicted molar refractivity (Wildman–Crippen MR) is 284 cm³/mol. The molecule has 3 fully saturated rings. The minimum atomic E-state index is -2.35. The van der Waals surface area contributed by atoms with Gasteiger partial charge in [0, 0.05) is 38.9 Å². The van der Waals surface area contributed by atoms with Gasteiger partial charge in [-0.15, -0.1) is 0 Å². The highest BCUT2D eigenvalue weighted by Crippen LogP contribution is 2.27. The van der Waals surface area contributed by atoms with Gasteiger partial charge in [0.1, 0.15) is 60.3 Å². The molecule has 16 atom stereocenters. The van der Waals surface area contributed by atoms with Crippen LogP contribution in [0.3, 0.4) is 0 Å². The molecule has 2 unspecified atom stereocenters. The maximum Gasteiger partial charge on any atom is 0.248 e. The van der Waals surface area contributed by atoms with E-state index in [9.17, 15) is 90.0 Å². The number of carbonyl (C=O) groups excluding carboxylic acids is 7. The number of phenols is 1. The highest BCUT2D eigenvalue weighted by atomic mass is 16.3. The molecule has 0 aliphatic carbocycles. The average molecular weight is 1130 g/mol. The van der Waals surface area contributed by atoms with Crippen LogP contribution in [0, 0.1) is 34.5 Å². The van der Waals surface area contributed by atoms with Crippen LogP contribution in [0.4, 0.5) is 0 Å².